The van der Waals surface area contributed by atoms with Crippen molar-refractivity contribution in [2.24, 2.45) is 0 Å². The second-order valence-corrected chi connectivity index (χ2v) is 6.05. The number of fused-ring (bicyclic) bond motifs is 2. The van der Waals surface area contributed by atoms with Crippen LogP contribution in [0.5, 0.6) is 0 Å². The summed E-state index contributed by atoms with van der Waals surface area (Å²) >= 11 is 1.34. The van der Waals surface area contributed by atoms with Crippen molar-refractivity contribution in [2.45, 2.75) is 24.0 Å². The maximum Gasteiger partial charge on any atom is 0.335 e. The van der Waals surface area contributed by atoms with E-state index >= 15 is 0 Å². The van der Waals surface area contributed by atoms with E-state index in [0.29, 0.717) is 33.8 Å². The average molecular weight is 302 g/mol. The molecule has 2 heterocycles. The maximum atomic E-state index is 12.5. The van der Waals surface area contributed by atoms with Crippen LogP contribution in [0.15, 0.2) is 43.9 Å². The van der Waals surface area contributed by atoms with Crippen LogP contribution in [-0.4, -0.2) is 17.8 Å². The van der Waals surface area contributed by atoms with Gasteiger partial charge in [-0.15, -0.1) is 11.8 Å². The molecule has 0 saturated heterocycles. The SMILES string of the molecule is CCOC(=O)C1=Cc2oc3ccccc3c(=O)c2SC1C. The second-order valence-electron chi connectivity index (χ2n) is 4.70. The Bertz CT molecular complexity index is 804. The number of hydrogen-bond donors (Lipinski definition) is 0. The first-order chi connectivity index (χ1) is 10.1. The summed E-state index contributed by atoms with van der Waals surface area (Å²) in [5.74, 6) is 0.0730. The highest BCUT2D eigenvalue weighted by atomic mass is 32.2. The largest absolute Gasteiger partial charge is 0.463 e. The lowest BCUT2D eigenvalue weighted by atomic mass is 10.1. The number of rotatable bonds is 2. The fourth-order valence-electron chi connectivity index (χ4n) is 2.29. The number of esters is 1. The molecule has 2 aromatic rings. The zero-order chi connectivity index (χ0) is 15.0. The van der Waals surface area contributed by atoms with Crippen LogP contribution in [0.4, 0.5) is 0 Å². The van der Waals surface area contributed by atoms with Crippen LogP contribution < -0.4 is 5.43 Å². The molecule has 0 fully saturated rings. The van der Waals surface area contributed by atoms with Crippen molar-refractivity contribution >= 4 is 34.8 Å². The van der Waals surface area contributed by atoms with E-state index < -0.39 is 0 Å². The number of para-hydroxylation sites is 1. The number of hydrogen-bond acceptors (Lipinski definition) is 5. The molecule has 1 aromatic carbocycles. The molecule has 0 bridgehead atoms. The van der Waals surface area contributed by atoms with Crippen LogP contribution in [0.3, 0.4) is 0 Å². The standard InChI is InChI=1S/C16H14O4S/c1-3-19-16(18)11-8-13-15(21-9(11)2)14(17)10-6-4-5-7-12(10)20-13/h4-9H,3H2,1-2H3. The Morgan fingerprint density at radius 2 is 2.14 bits per heavy atom. The molecule has 1 aliphatic rings. The third-order valence-corrected chi connectivity index (χ3v) is 4.54. The van der Waals surface area contributed by atoms with E-state index in [1.165, 1.54) is 11.8 Å². The van der Waals surface area contributed by atoms with Crippen LogP contribution >= 0.6 is 11.8 Å². The Morgan fingerprint density at radius 1 is 1.38 bits per heavy atom. The van der Waals surface area contributed by atoms with Crippen molar-refractivity contribution in [1.29, 1.82) is 0 Å². The molecule has 1 unspecified atom stereocenters. The van der Waals surface area contributed by atoms with Gasteiger partial charge in [-0.25, -0.2) is 4.79 Å². The van der Waals surface area contributed by atoms with E-state index in [1.54, 1.807) is 25.1 Å². The Balaban J connectivity index is 2.19. The highest BCUT2D eigenvalue weighted by Crippen LogP contribution is 2.37. The third kappa shape index (κ3) is 2.38. The molecule has 108 valence electrons. The summed E-state index contributed by atoms with van der Waals surface area (Å²) in [6, 6.07) is 7.11. The minimum absolute atomic E-state index is 0.0529. The minimum atomic E-state index is -0.362. The highest BCUT2D eigenvalue weighted by Gasteiger charge is 2.28. The zero-order valence-corrected chi connectivity index (χ0v) is 12.5. The number of benzene rings is 1. The van der Waals surface area contributed by atoms with E-state index in [0.717, 1.165) is 0 Å². The lowest BCUT2D eigenvalue weighted by molar-refractivity contribution is -0.138. The van der Waals surface area contributed by atoms with Crippen LogP contribution in [0.1, 0.15) is 19.6 Å². The first-order valence-electron chi connectivity index (χ1n) is 6.73. The van der Waals surface area contributed by atoms with Crippen LogP contribution in [0.2, 0.25) is 0 Å². The maximum absolute atomic E-state index is 12.5. The Labute approximate surface area is 125 Å². The van der Waals surface area contributed by atoms with Gasteiger partial charge in [-0.3, -0.25) is 4.79 Å². The lowest BCUT2D eigenvalue weighted by Crippen LogP contribution is -2.20. The molecular weight excluding hydrogens is 288 g/mol. The van der Waals surface area contributed by atoms with E-state index in [1.807, 2.05) is 19.1 Å². The van der Waals surface area contributed by atoms with E-state index in [-0.39, 0.29) is 16.6 Å². The molecule has 21 heavy (non-hydrogen) atoms. The molecule has 0 spiro atoms. The van der Waals surface area contributed by atoms with Crippen molar-refractivity contribution in [1.82, 2.24) is 0 Å². The van der Waals surface area contributed by atoms with Crippen molar-refractivity contribution < 1.29 is 13.9 Å². The summed E-state index contributed by atoms with van der Waals surface area (Å²) < 4.78 is 10.8. The monoisotopic (exact) mass is 302 g/mol. The van der Waals surface area contributed by atoms with Crippen LogP contribution in [-0.2, 0) is 9.53 Å². The summed E-state index contributed by atoms with van der Waals surface area (Å²) in [7, 11) is 0. The van der Waals surface area contributed by atoms with Gasteiger partial charge in [0, 0.05) is 5.25 Å². The zero-order valence-electron chi connectivity index (χ0n) is 11.7. The molecule has 1 aliphatic heterocycles. The van der Waals surface area contributed by atoms with Gasteiger partial charge in [-0.1, -0.05) is 12.1 Å². The number of carbonyl (C=O) groups excluding carboxylic acids is 1. The van der Waals surface area contributed by atoms with Gasteiger partial charge in [-0.05, 0) is 32.1 Å². The third-order valence-electron chi connectivity index (χ3n) is 3.31. The van der Waals surface area contributed by atoms with E-state index in [4.69, 9.17) is 9.15 Å². The first-order valence-corrected chi connectivity index (χ1v) is 7.61. The molecule has 0 radical (unpaired) electrons. The van der Waals surface area contributed by atoms with Crippen molar-refractivity contribution in [3.05, 3.63) is 45.8 Å². The summed E-state index contributed by atoms with van der Waals surface area (Å²) in [4.78, 5) is 25.0. The fourth-order valence-corrected chi connectivity index (χ4v) is 3.37. The number of thioether (sulfide) groups is 1. The van der Waals surface area contributed by atoms with Crippen LogP contribution in [0.25, 0.3) is 17.0 Å². The summed E-state index contributed by atoms with van der Waals surface area (Å²) in [6.07, 6.45) is 1.63. The molecule has 1 aromatic heterocycles. The van der Waals surface area contributed by atoms with Gasteiger partial charge in [0.1, 0.15) is 11.3 Å². The lowest BCUT2D eigenvalue weighted by Gasteiger charge is -2.20. The Hall–Kier alpha value is -2.01. The molecule has 0 amide bonds. The van der Waals surface area contributed by atoms with Crippen LogP contribution in [0, 0.1) is 0 Å². The predicted molar refractivity (Wildman–Crippen MR) is 82.4 cm³/mol. The molecule has 1 atom stereocenters. The predicted octanol–water partition coefficient (Wildman–Crippen LogP) is 3.23. The van der Waals surface area contributed by atoms with Crippen molar-refractivity contribution in [3.8, 4) is 0 Å². The Morgan fingerprint density at radius 3 is 2.90 bits per heavy atom. The molecule has 4 nitrogen and oxygen atoms in total. The average Bonchev–Trinajstić information content (AvgIpc) is 2.48. The van der Waals surface area contributed by atoms with Gasteiger partial charge >= 0.3 is 5.97 Å². The number of carbonyl (C=O) groups is 1. The van der Waals surface area contributed by atoms with Gasteiger partial charge < -0.3 is 9.15 Å². The quantitative estimate of drug-likeness (QED) is 0.797. The van der Waals surface area contributed by atoms with Gasteiger partial charge in [-0.2, -0.15) is 0 Å². The smallest absolute Gasteiger partial charge is 0.335 e. The van der Waals surface area contributed by atoms with E-state index in [2.05, 4.69) is 0 Å². The molecule has 0 saturated carbocycles. The minimum Gasteiger partial charge on any atom is -0.463 e. The normalized spacial score (nSPS) is 17.2. The Kier molecular flexibility index (Phi) is 3.59. The second kappa shape index (κ2) is 5.41. The van der Waals surface area contributed by atoms with Crippen molar-refractivity contribution in [2.75, 3.05) is 6.61 Å². The van der Waals surface area contributed by atoms with Gasteiger partial charge in [0.15, 0.2) is 0 Å². The van der Waals surface area contributed by atoms with Gasteiger partial charge in [0.25, 0.3) is 0 Å². The van der Waals surface area contributed by atoms with Gasteiger partial charge in [0.05, 0.1) is 22.5 Å². The van der Waals surface area contributed by atoms with Crippen molar-refractivity contribution in [3.63, 3.8) is 0 Å². The summed E-state index contributed by atoms with van der Waals surface area (Å²) in [6.45, 7) is 3.97. The molecule has 0 aliphatic carbocycles. The summed E-state index contributed by atoms with van der Waals surface area (Å²) in [5, 5.41) is 0.421. The molecule has 5 heteroatoms. The highest BCUT2D eigenvalue weighted by molar-refractivity contribution is 8.00. The molecule has 3 rings (SSSR count). The molecule has 0 N–H and O–H groups in total. The first kappa shape index (κ1) is 13.9. The topological polar surface area (TPSA) is 56.5 Å². The fraction of sp³-hybridized carbons (Fsp3) is 0.250. The number of ether oxygens (including phenoxy) is 1. The summed E-state index contributed by atoms with van der Waals surface area (Å²) in [5.41, 5.74) is 0.992. The van der Waals surface area contributed by atoms with Gasteiger partial charge in [0.2, 0.25) is 5.43 Å². The molecular formula is C16H14O4S. The van der Waals surface area contributed by atoms with E-state index in [9.17, 15) is 9.59 Å².